The highest BCUT2D eigenvalue weighted by molar-refractivity contribution is 5.70. The van der Waals surface area contributed by atoms with Crippen LogP contribution in [-0.2, 0) is 9.53 Å². The Morgan fingerprint density at radius 3 is 2.67 bits per heavy atom. The molecule has 15 heavy (non-hydrogen) atoms. The summed E-state index contributed by atoms with van der Waals surface area (Å²) in [6.45, 7) is 2.48. The number of piperidine rings is 1. The van der Waals surface area contributed by atoms with Gasteiger partial charge >= 0.3 is 5.97 Å². The molecule has 0 atom stereocenters. The first kappa shape index (κ1) is 12.0. The molecular formula is C11H17NO3. The molecule has 1 heterocycles. The molecule has 1 aliphatic rings. The van der Waals surface area contributed by atoms with Gasteiger partial charge in [-0.3, -0.25) is 4.90 Å². The molecule has 0 aliphatic carbocycles. The number of likely N-dealkylation sites (tertiary alicyclic amines) is 1. The Morgan fingerprint density at radius 2 is 2.00 bits per heavy atom. The zero-order chi connectivity index (χ0) is 10.9. The smallest absolute Gasteiger partial charge is 0.332 e. The van der Waals surface area contributed by atoms with Crippen molar-refractivity contribution in [3.05, 3.63) is 0 Å². The van der Waals surface area contributed by atoms with Crippen molar-refractivity contribution >= 4 is 5.97 Å². The minimum Gasteiger partial charge on any atom is -0.451 e. The van der Waals surface area contributed by atoms with E-state index in [0.717, 1.165) is 19.6 Å². The van der Waals surface area contributed by atoms with Crippen LogP contribution in [0.2, 0.25) is 0 Å². The third kappa shape index (κ3) is 5.40. The quantitative estimate of drug-likeness (QED) is 0.528. The summed E-state index contributed by atoms with van der Waals surface area (Å²) in [5.74, 6) is 5.08. The standard InChI is InChI=1S/C11H17NO3/c13-10-11(14)15-9-5-4-8-12-6-2-1-3-7-12/h13H,1-3,6-10H2. The predicted molar refractivity (Wildman–Crippen MR) is 56.1 cm³/mol. The summed E-state index contributed by atoms with van der Waals surface area (Å²) in [5, 5.41) is 8.36. The number of aliphatic hydroxyl groups excluding tert-OH is 1. The fraction of sp³-hybridized carbons (Fsp3) is 0.727. The molecule has 1 aliphatic heterocycles. The first-order valence-corrected chi connectivity index (χ1v) is 5.27. The number of nitrogens with zero attached hydrogens (tertiary/aromatic N) is 1. The average molecular weight is 211 g/mol. The summed E-state index contributed by atoms with van der Waals surface area (Å²) >= 11 is 0. The van der Waals surface area contributed by atoms with Crippen LogP contribution in [0.15, 0.2) is 0 Å². The number of carbonyl (C=O) groups is 1. The van der Waals surface area contributed by atoms with E-state index in [-0.39, 0.29) is 6.61 Å². The fourth-order valence-corrected chi connectivity index (χ4v) is 1.50. The van der Waals surface area contributed by atoms with E-state index in [4.69, 9.17) is 5.11 Å². The molecule has 1 N–H and O–H groups in total. The van der Waals surface area contributed by atoms with E-state index >= 15 is 0 Å². The van der Waals surface area contributed by atoms with Gasteiger partial charge in [-0.05, 0) is 25.9 Å². The summed E-state index contributed by atoms with van der Waals surface area (Å²) in [7, 11) is 0. The molecule has 0 bridgehead atoms. The zero-order valence-electron chi connectivity index (χ0n) is 8.87. The lowest BCUT2D eigenvalue weighted by atomic mass is 10.1. The van der Waals surface area contributed by atoms with Gasteiger partial charge in [-0.1, -0.05) is 18.3 Å². The van der Waals surface area contributed by atoms with Crippen molar-refractivity contribution in [3.8, 4) is 11.8 Å². The van der Waals surface area contributed by atoms with Crippen LogP contribution in [0.1, 0.15) is 19.3 Å². The molecule has 0 radical (unpaired) electrons. The SMILES string of the molecule is O=C(CO)OCC#CCN1CCCCC1. The van der Waals surface area contributed by atoms with Gasteiger partial charge in [0.25, 0.3) is 0 Å². The van der Waals surface area contributed by atoms with Crippen LogP contribution in [0.3, 0.4) is 0 Å². The maximum absolute atomic E-state index is 10.5. The second-order valence-electron chi connectivity index (χ2n) is 3.51. The van der Waals surface area contributed by atoms with Crippen LogP contribution in [0.25, 0.3) is 0 Å². The first-order chi connectivity index (χ1) is 7.33. The molecule has 4 nitrogen and oxygen atoms in total. The van der Waals surface area contributed by atoms with Gasteiger partial charge < -0.3 is 9.84 Å². The van der Waals surface area contributed by atoms with Crippen molar-refractivity contribution in [1.29, 1.82) is 0 Å². The number of esters is 1. The van der Waals surface area contributed by atoms with Crippen LogP contribution in [-0.4, -0.2) is 48.8 Å². The Labute approximate surface area is 90.2 Å². The molecule has 0 saturated carbocycles. The van der Waals surface area contributed by atoms with Gasteiger partial charge in [-0.2, -0.15) is 0 Å². The summed E-state index contributed by atoms with van der Waals surface area (Å²) in [6.07, 6.45) is 3.82. The van der Waals surface area contributed by atoms with E-state index in [1.807, 2.05) is 0 Å². The highest BCUT2D eigenvalue weighted by Gasteiger charge is 2.07. The Hall–Kier alpha value is -1.05. The van der Waals surface area contributed by atoms with E-state index in [2.05, 4.69) is 21.5 Å². The average Bonchev–Trinajstić information content (AvgIpc) is 2.29. The molecule has 1 rings (SSSR count). The molecular weight excluding hydrogens is 194 g/mol. The molecule has 0 spiro atoms. The lowest BCUT2D eigenvalue weighted by Gasteiger charge is -2.23. The van der Waals surface area contributed by atoms with Crippen LogP contribution >= 0.6 is 0 Å². The number of carbonyl (C=O) groups excluding carboxylic acids is 1. The maximum atomic E-state index is 10.5. The highest BCUT2D eigenvalue weighted by Crippen LogP contribution is 2.06. The van der Waals surface area contributed by atoms with Crippen molar-refractivity contribution < 1.29 is 14.6 Å². The third-order valence-corrected chi connectivity index (χ3v) is 2.31. The number of ether oxygens (including phenoxy) is 1. The molecule has 0 aromatic heterocycles. The van der Waals surface area contributed by atoms with Gasteiger partial charge in [-0.25, -0.2) is 4.79 Å². The highest BCUT2D eigenvalue weighted by atomic mass is 16.5. The van der Waals surface area contributed by atoms with Gasteiger partial charge in [0, 0.05) is 0 Å². The molecule has 0 amide bonds. The van der Waals surface area contributed by atoms with Crippen molar-refractivity contribution in [2.24, 2.45) is 0 Å². The largest absolute Gasteiger partial charge is 0.451 e. The molecule has 84 valence electrons. The topological polar surface area (TPSA) is 49.8 Å². The lowest BCUT2D eigenvalue weighted by Crippen LogP contribution is -2.29. The number of rotatable bonds is 3. The minimum atomic E-state index is -0.623. The van der Waals surface area contributed by atoms with Gasteiger partial charge in [-0.15, -0.1) is 0 Å². The molecule has 0 aromatic carbocycles. The maximum Gasteiger partial charge on any atom is 0.332 e. The number of aliphatic hydroxyl groups is 1. The van der Waals surface area contributed by atoms with Crippen molar-refractivity contribution in [1.82, 2.24) is 4.90 Å². The van der Waals surface area contributed by atoms with Crippen LogP contribution in [0, 0.1) is 11.8 Å². The molecule has 1 fully saturated rings. The van der Waals surface area contributed by atoms with Crippen LogP contribution in [0.5, 0.6) is 0 Å². The van der Waals surface area contributed by atoms with E-state index in [1.165, 1.54) is 19.3 Å². The van der Waals surface area contributed by atoms with Crippen molar-refractivity contribution in [3.63, 3.8) is 0 Å². The Morgan fingerprint density at radius 1 is 1.27 bits per heavy atom. The number of hydrogen-bond donors (Lipinski definition) is 1. The minimum absolute atomic E-state index is 0.0766. The summed E-state index contributed by atoms with van der Waals surface area (Å²) in [6, 6.07) is 0. The van der Waals surface area contributed by atoms with Crippen molar-refractivity contribution in [2.45, 2.75) is 19.3 Å². The third-order valence-electron chi connectivity index (χ3n) is 2.31. The predicted octanol–water partition coefficient (Wildman–Crippen LogP) is 0.0112. The van der Waals surface area contributed by atoms with Gasteiger partial charge in [0.1, 0.15) is 6.61 Å². The summed E-state index contributed by atoms with van der Waals surface area (Å²) < 4.78 is 4.60. The van der Waals surface area contributed by atoms with E-state index in [1.54, 1.807) is 0 Å². The molecule has 1 saturated heterocycles. The normalized spacial score (nSPS) is 16.6. The lowest BCUT2D eigenvalue weighted by molar-refractivity contribution is -0.145. The Bertz CT molecular complexity index is 248. The summed E-state index contributed by atoms with van der Waals surface area (Å²) in [5.41, 5.74) is 0. The fourth-order valence-electron chi connectivity index (χ4n) is 1.50. The first-order valence-electron chi connectivity index (χ1n) is 5.27. The van der Waals surface area contributed by atoms with E-state index < -0.39 is 12.6 Å². The Balaban J connectivity index is 2.07. The van der Waals surface area contributed by atoms with Crippen LogP contribution < -0.4 is 0 Å². The van der Waals surface area contributed by atoms with Gasteiger partial charge in [0.15, 0.2) is 6.61 Å². The monoisotopic (exact) mass is 211 g/mol. The molecule has 0 unspecified atom stereocenters. The van der Waals surface area contributed by atoms with Gasteiger partial charge in [0.2, 0.25) is 0 Å². The Kier molecular flexibility index (Phi) is 5.83. The van der Waals surface area contributed by atoms with Crippen LogP contribution in [0.4, 0.5) is 0 Å². The van der Waals surface area contributed by atoms with E-state index in [9.17, 15) is 4.79 Å². The second-order valence-corrected chi connectivity index (χ2v) is 3.51. The van der Waals surface area contributed by atoms with Crippen molar-refractivity contribution in [2.75, 3.05) is 32.8 Å². The second kappa shape index (κ2) is 7.27. The zero-order valence-corrected chi connectivity index (χ0v) is 8.87. The van der Waals surface area contributed by atoms with E-state index in [0.29, 0.717) is 0 Å². The summed E-state index contributed by atoms with van der Waals surface area (Å²) in [4.78, 5) is 12.8. The van der Waals surface area contributed by atoms with Gasteiger partial charge in [0.05, 0.1) is 6.54 Å². The molecule has 0 aromatic rings. The molecule has 4 heteroatoms. The number of hydrogen-bond acceptors (Lipinski definition) is 4.